The Hall–Kier alpha value is -4.21. The number of fused-ring (bicyclic) bond motifs is 1. The van der Waals surface area contributed by atoms with Crippen molar-refractivity contribution in [3.05, 3.63) is 101 Å². The Morgan fingerprint density at radius 3 is 2.23 bits per heavy atom. The van der Waals surface area contributed by atoms with Gasteiger partial charge in [-0.05, 0) is 40.8 Å². The highest BCUT2D eigenvalue weighted by Gasteiger charge is 2.22. The number of rotatable bonds is 8. The molecule has 0 fully saturated rings. The first-order valence-electron chi connectivity index (χ1n) is 10.9. The lowest BCUT2D eigenvalue weighted by Crippen LogP contribution is -2.49. The molecule has 0 saturated heterocycles. The Morgan fingerprint density at radius 1 is 0.857 bits per heavy atom. The molecule has 4 amide bonds. The summed E-state index contributed by atoms with van der Waals surface area (Å²) in [5, 5.41) is 18.0. The van der Waals surface area contributed by atoms with E-state index in [9.17, 15) is 14.4 Å². The molecule has 1 heterocycles. The van der Waals surface area contributed by atoms with Crippen LogP contribution in [0.25, 0.3) is 10.1 Å². The van der Waals surface area contributed by atoms with Crippen molar-refractivity contribution in [2.24, 2.45) is 0 Å². The Balaban J connectivity index is 1.47. The molecule has 0 spiro atoms. The number of carbonyl (C=O) groups excluding carboxylic acids is 3. The third kappa shape index (κ3) is 6.44. The molecule has 0 aliphatic carbocycles. The number of amides is 4. The largest absolute Gasteiger partial charge is 0.334 e. The van der Waals surface area contributed by atoms with Gasteiger partial charge in [0.05, 0.1) is 4.88 Å². The van der Waals surface area contributed by atoms with Crippen LogP contribution in [0.2, 0.25) is 0 Å². The highest BCUT2D eigenvalue weighted by atomic mass is 32.1. The van der Waals surface area contributed by atoms with Crippen molar-refractivity contribution in [2.75, 3.05) is 5.32 Å². The Bertz CT molecular complexity index is 1330. The zero-order chi connectivity index (χ0) is 24.6. The lowest BCUT2D eigenvalue weighted by atomic mass is 10.1. The van der Waals surface area contributed by atoms with Gasteiger partial charge in [0.1, 0.15) is 6.04 Å². The summed E-state index contributed by atoms with van der Waals surface area (Å²) in [5.41, 5.74) is 4.01. The van der Waals surface area contributed by atoms with Crippen LogP contribution >= 0.6 is 11.3 Å². The van der Waals surface area contributed by atoms with Crippen LogP contribution in [0.15, 0.2) is 84.9 Å². The molecule has 178 valence electrons. The fourth-order valence-electron chi connectivity index (χ4n) is 3.56. The molecule has 9 heteroatoms. The van der Waals surface area contributed by atoms with Crippen LogP contribution in [0.4, 0.5) is 10.5 Å². The Labute approximate surface area is 205 Å². The molecule has 0 aliphatic rings. The van der Waals surface area contributed by atoms with Gasteiger partial charge < -0.3 is 16.0 Å². The minimum atomic E-state index is -0.818. The van der Waals surface area contributed by atoms with Crippen LogP contribution in [0, 0.1) is 0 Å². The predicted molar refractivity (Wildman–Crippen MR) is 135 cm³/mol. The topological polar surface area (TPSA) is 120 Å². The minimum absolute atomic E-state index is 0.312. The van der Waals surface area contributed by atoms with E-state index in [4.69, 9.17) is 5.21 Å². The van der Waals surface area contributed by atoms with Gasteiger partial charge in [-0.2, -0.15) is 0 Å². The number of hydrogen-bond donors (Lipinski definition) is 5. The predicted octanol–water partition coefficient (Wildman–Crippen LogP) is 4.07. The fraction of sp³-hybridized carbons (Fsp3) is 0.115. The standard InChI is InChI=1S/C26H24N4O4S/c31-24(28-20-11-12-22-19(14-20)15-23(35-22)25(32)30-34)21(13-17-7-3-1-4-8-17)29-26(33)27-16-18-9-5-2-6-10-18/h1-12,14-15,21,34H,13,16H2,(H,28,31)(H,30,32)(H2,27,29,33). The maximum atomic E-state index is 13.2. The Kier molecular flexibility index (Phi) is 7.71. The summed E-state index contributed by atoms with van der Waals surface area (Å²) in [6.45, 7) is 0.338. The molecule has 5 N–H and O–H groups in total. The molecule has 4 aromatic rings. The average Bonchev–Trinajstić information content (AvgIpc) is 3.31. The number of urea groups is 1. The first kappa shape index (κ1) is 23.9. The molecule has 8 nitrogen and oxygen atoms in total. The van der Waals surface area contributed by atoms with E-state index >= 15 is 0 Å². The maximum absolute atomic E-state index is 13.2. The smallest absolute Gasteiger partial charge is 0.315 e. The highest BCUT2D eigenvalue weighted by molar-refractivity contribution is 7.20. The van der Waals surface area contributed by atoms with Crippen molar-refractivity contribution >= 4 is 45.0 Å². The molecule has 35 heavy (non-hydrogen) atoms. The quantitative estimate of drug-likeness (QED) is 0.190. The van der Waals surface area contributed by atoms with Crippen LogP contribution in [-0.4, -0.2) is 29.1 Å². The van der Waals surface area contributed by atoms with Crippen LogP contribution in [0.3, 0.4) is 0 Å². The minimum Gasteiger partial charge on any atom is -0.334 e. The fourth-order valence-corrected chi connectivity index (χ4v) is 4.50. The monoisotopic (exact) mass is 488 g/mol. The zero-order valence-corrected chi connectivity index (χ0v) is 19.5. The highest BCUT2D eigenvalue weighted by Crippen LogP contribution is 2.28. The summed E-state index contributed by atoms with van der Waals surface area (Å²) >= 11 is 1.23. The number of hydroxylamine groups is 1. The summed E-state index contributed by atoms with van der Waals surface area (Å²) in [7, 11) is 0. The van der Waals surface area contributed by atoms with Gasteiger partial charge in [0, 0.05) is 23.4 Å². The lowest BCUT2D eigenvalue weighted by molar-refractivity contribution is -0.117. The van der Waals surface area contributed by atoms with E-state index < -0.39 is 18.0 Å². The summed E-state index contributed by atoms with van der Waals surface area (Å²) in [6.07, 6.45) is 0.312. The van der Waals surface area contributed by atoms with E-state index in [0.29, 0.717) is 23.5 Å². The van der Waals surface area contributed by atoms with Gasteiger partial charge in [-0.1, -0.05) is 60.7 Å². The Morgan fingerprint density at radius 2 is 1.54 bits per heavy atom. The third-order valence-corrected chi connectivity index (χ3v) is 6.42. The van der Waals surface area contributed by atoms with Gasteiger partial charge in [0.15, 0.2) is 0 Å². The van der Waals surface area contributed by atoms with Gasteiger partial charge in [-0.25, -0.2) is 10.3 Å². The van der Waals surface area contributed by atoms with Crippen LogP contribution in [-0.2, 0) is 17.8 Å². The lowest BCUT2D eigenvalue weighted by Gasteiger charge is -2.19. The number of anilines is 1. The van der Waals surface area contributed by atoms with Crippen LogP contribution < -0.4 is 21.4 Å². The summed E-state index contributed by atoms with van der Waals surface area (Å²) in [4.78, 5) is 37.8. The second kappa shape index (κ2) is 11.3. The molecular weight excluding hydrogens is 464 g/mol. The average molecular weight is 489 g/mol. The first-order chi connectivity index (χ1) is 17.0. The third-order valence-electron chi connectivity index (χ3n) is 5.31. The van der Waals surface area contributed by atoms with Crippen molar-refractivity contribution in [1.82, 2.24) is 16.1 Å². The number of hydrogen-bond acceptors (Lipinski definition) is 5. The molecule has 0 aliphatic heterocycles. The van der Waals surface area contributed by atoms with Crippen LogP contribution in [0.1, 0.15) is 20.8 Å². The number of nitrogens with one attached hydrogen (secondary N) is 4. The van der Waals surface area contributed by atoms with E-state index in [-0.39, 0.29) is 5.91 Å². The second-order valence-corrected chi connectivity index (χ2v) is 8.93. The molecule has 1 atom stereocenters. The molecule has 4 rings (SSSR count). The first-order valence-corrected chi connectivity index (χ1v) is 11.7. The van der Waals surface area contributed by atoms with Crippen molar-refractivity contribution in [2.45, 2.75) is 19.0 Å². The molecule has 1 unspecified atom stereocenters. The maximum Gasteiger partial charge on any atom is 0.315 e. The molecule has 1 aromatic heterocycles. The van der Waals surface area contributed by atoms with E-state index in [1.807, 2.05) is 60.7 Å². The van der Waals surface area contributed by atoms with Crippen molar-refractivity contribution < 1.29 is 19.6 Å². The molecule has 3 aromatic carbocycles. The molecule has 0 saturated carbocycles. The van der Waals surface area contributed by atoms with Crippen molar-refractivity contribution in [3.63, 3.8) is 0 Å². The van der Waals surface area contributed by atoms with Crippen LogP contribution in [0.5, 0.6) is 0 Å². The van der Waals surface area contributed by atoms with E-state index in [0.717, 1.165) is 21.2 Å². The molecular formula is C26H24N4O4S. The van der Waals surface area contributed by atoms with Gasteiger partial charge in [0.2, 0.25) is 5.91 Å². The summed E-state index contributed by atoms with van der Waals surface area (Å²) < 4.78 is 0.834. The van der Waals surface area contributed by atoms with E-state index in [1.165, 1.54) is 11.3 Å². The molecule has 0 radical (unpaired) electrons. The number of carbonyl (C=O) groups is 3. The van der Waals surface area contributed by atoms with E-state index in [2.05, 4.69) is 16.0 Å². The number of thiophene rings is 1. The van der Waals surface area contributed by atoms with Crippen molar-refractivity contribution in [3.8, 4) is 0 Å². The number of benzene rings is 3. The van der Waals surface area contributed by atoms with Gasteiger partial charge in [0.25, 0.3) is 5.91 Å². The summed E-state index contributed by atoms with van der Waals surface area (Å²) in [5.74, 6) is -0.961. The normalized spacial score (nSPS) is 11.5. The van der Waals surface area contributed by atoms with E-state index in [1.54, 1.807) is 29.7 Å². The molecule has 0 bridgehead atoms. The van der Waals surface area contributed by atoms with Gasteiger partial charge >= 0.3 is 6.03 Å². The van der Waals surface area contributed by atoms with Gasteiger partial charge in [-0.15, -0.1) is 11.3 Å². The zero-order valence-electron chi connectivity index (χ0n) is 18.7. The van der Waals surface area contributed by atoms with Crippen molar-refractivity contribution in [1.29, 1.82) is 0 Å². The second-order valence-electron chi connectivity index (χ2n) is 7.85. The summed E-state index contributed by atoms with van der Waals surface area (Å²) in [6, 6.07) is 24.6. The SMILES string of the molecule is O=C(NCc1ccccc1)NC(Cc1ccccc1)C(=O)Nc1ccc2sc(C(=O)NO)cc2c1. The van der Waals surface area contributed by atoms with Gasteiger partial charge in [-0.3, -0.25) is 14.8 Å².